The maximum absolute atomic E-state index is 14.0. The van der Waals surface area contributed by atoms with Crippen LogP contribution in [0.4, 0.5) is 13.2 Å². The first-order chi connectivity index (χ1) is 16.2. The van der Waals surface area contributed by atoms with Crippen LogP contribution in [-0.2, 0) is 24.7 Å². The molecule has 0 amide bonds. The van der Waals surface area contributed by atoms with Gasteiger partial charge in [-0.3, -0.25) is 4.79 Å². The van der Waals surface area contributed by atoms with E-state index >= 15 is 0 Å². The van der Waals surface area contributed by atoms with Crippen LogP contribution in [0.15, 0.2) is 30.3 Å². The first-order valence-corrected chi connectivity index (χ1v) is 12.3. The fourth-order valence-corrected chi connectivity index (χ4v) is 4.06. The molecule has 0 heterocycles. The van der Waals surface area contributed by atoms with Gasteiger partial charge in [0.1, 0.15) is 6.10 Å². The molecule has 0 saturated carbocycles. The molecule has 0 unspecified atom stereocenters. The van der Waals surface area contributed by atoms with Crippen LogP contribution in [-0.4, -0.2) is 36.4 Å². The number of ether oxygens (including phenoxy) is 2. The molecule has 0 aliphatic heterocycles. The zero-order valence-corrected chi connectivity index (χ0v) is 20.4. The third-order valence-electron chi connectivity index (χ3n) is 5.98. The van der Waals surface area contributed by atoms with Crippen LogP contribution in [0.3, 0.4) is 0 Å². The number of halogens is 3. The van der Waals surface area contributed by atoms with Gasteiger partial charge in [-0.05, 0) is 12.8 Å². The van der Waals surface area contributed by atoms with E-state index in [1.165, 1.54) is 56.7 Å². The topological polar surface area (TPSA) is 72.8 Å². The number of benzene rings is 1. The summed E-state index contributed by atoms with van der Waals surface area (Å²) in [6.45, 7) is 2.19. The highest BCUT2D eigenvalue weighted by Crippen LogP contribution is 2.43. The summed E-state index contributed by atoms with van der Waals surface area (Å²) in [5, 5.41) is 9.17. The minimum atomic E-state index is -5.09. The van der Waals surface area contributed by atoms with Crippen LogP contribution in [0.1, 0.15) is 96.0 Å². The SMILES string of the molecule is CCCCCCCCCCCCC[C@H](CC(=O)O)OC(=O)[C@@](OC)(c1ccccc1)C(F)(F)F. The van der Waals surface area contributed by atoms with Crippen LogP contribution >= 0.6 is 0 Å². The fourth-order valence-electron chi connectivity index (χ4n) is 4.06. The summed E-state index contributed by atoms with van der Waals surface area (Å²) in [5.41, 5.74) is -3.74. The maximum Gasteiger partial charge on any atom is 0.432 e. The Labute approximate surface area is 201 Å². The summed E-state index contributed by atoms with van der Waals surface area (Å²) in [5.74, 6) is -2.89. The number of unbranched alkanes of at least 4 members (excludes halogenated alkanes) is 10. The van der Waals surface area contributed by atoms with Gasteiger partial charge in [-0.2, -0.15) is 13.2 Å². The Hall–Kier alpha value is -2.09. The second-order valence-corrected chi connectivity index (χ2v) is 8.70. The molecular formula is C26H39F3O5. The van der Waals surface area contributed by atoms with Gasteiger partial charge in [-0.25, -0.2) is 4.79 Å². The van der Waals surface area contributed by atoms with Crippen molar-refractivity contribution in [1.29, 1.82) is 0 Å². The molecule has 194 valence electrons. The molecule has 0 aliphatic carbocycles. The Kier molecular flexibility index (Phi) is 13.9. The van der Waals surface area contributed by atoms with E-state index in [1.54, 1.807) is 0 Å². The predicted molar refractivity (Wildman–Crippen MR) is 124 cm³/mol. The number of carbonyl (C=O) groups is 2. The van der Waals surface area contributed by atoms with Crippen molar-refractivity contribution in [3.63, 3.8) is 0 Å². The Morgan fingerprint density at radius 2 is 1.38 bits per heavy atom. The highest BCUT2D eigenvalue weighted by atomic mass is 19.4. The number of alkyl halides is 3. The van der Waals surface area contributed by atoms with Gasteiger partial charge in [0.2, 0.25) is 0 Å². The van der Waals surface area contributed by atoms with Gasteiger partial charge in [0.25, 0.3) is 5.60 Å². The first kappa shape index (κ1) is 29.9. The normalized spacial score (nSPS) is 14.4. The van der Waals surface area contributed by atoms with E-state index in [0.717, 1.165) is 44.9 Å². The number of rotatable bonds is 18. The van der Waals surface area contributed by atoms with Crippen molar-refractivity contribution in [3.8, 4) is 0 Å². The lowest BCUT2D eigenvalue weighted by atomic mass is 9.92. The zero-order chi connectivity index (χ0) is 25.5. The standard InChI is InChI=1S/C26H39F3O5/c1-3-4-5-6-7-8-9-10-11-12-16-19-22(20-23(30)31)34-24(32)25(33-2,26(27,28)29)21-17-14-13-15-18-21/h13-15,17-18,22H,3-12,16,19-20H2,1-2H3,(H,30,31)/t22-,25+/m1/s1. The highest BCUT2D eigenvalue weighted by molar-refractivity contribution is 5.83. The molecule has 1 rings (SSSR count). The van der Waals surface area contributed by atoms with Crippen molar-refractivity contribution in [2.45, 2.75) is 108 Å². The van der Waals surface area contributed by atoms with E-state index in [-0.39, 0.29) is 6.42 Å². The molecule has 1 N–H and O–H groups in total. The Bertz CT molecular complexity index is 708. The molecule has 1 aromatic rings. The second-order valence-electron chi connectivity index (χ2n) is 8.70. The van der Waals surface area contributed by atoms with Crippen LogP contribution in [0.25, 0.3) is 0 Å². The van der Waals surface area contributed by atoms with Crippen molar-refractivity contribution in [3.05, 3.63) is 35.9 Å². The van der Waals surface area contributed by atoms with Crippen LogP contribution < -0.4 is 0 Å². The minimum Gasteiger partial charge on any atom is -0.481 e. The third kappa shape index (κ3) is 9.65. The smallest absolute Gasteiger partial charge is 0.432 e. The zero-order valence-electron chi connectivity index (χ0n) is 20.4. The molecule has 0 aromatic heterocycles. The molecule has 0 aliphatic rings. The predicted octanol–water partition coefficient (Wildman–Crippen LogP) is 7.18. The van der Waals surface area contributed by atoms with E-state index in [1.807, 2.05) is 0 Å². The Morgan fingerprint density at radius 3 is 1.82 bits per heavy atom. The molecule has 0 saturated heterocycles. The van der Waals surface area contributed by atoms with Crippen LogP contribution in [0.5, 0.6) is 0 Å². The number of hydrogen-bond acceptors (Lipinski definition) is 4. The number of hydrogen-bond donors (Lipinski definition) is 1. The van der Waals surface area contributed by atoms with E-state index in [9.17, 15) is 22.8 Å². The highest BCUT2D eigenvalue weighted by Gasteiger charge is 2.64. The molecule has 0 bridgehead atoms. The van der Waals surface area contributed by atoms with Crippen molar-refractivity contribution in [2.75, 3.05) is 7.11 Å². The van der Waals surface area contributed by atoms with Gasteiger partial charge < -0.3 is 14.6 Å². The number of esters is 1. The number of aliphatic carboxylic acids is 1. The lowest BCUT2D eigenvalue weighted by Gasteiger charge is -2.33. The van der Waals surface area contributed by atoms with E-state index in [4.69, 9.17) is 14.6 Å². The molecule has 2 atom stereocenters. The molecule has 0 radical (unpaired) electrons. The molecule has 0 fully saturated rings. The molecule has 34 heavy (non-hydrogen) atoms. The largest absolute Gasteiger partial charge is 0.481 e. The summed E-state index contributed by atoms with van der Waals surface area (Å²) in [6, 6.07) is 6.51. The number of carboxylic acid groups (broad SMARTS) is 1. The van der Waals surface area contributed by atoms with Crippen molar-refractivity contribution >= 4 is 11.9 Å². The molecule has 0 spiro atoms. The second kappa shape index (κ2) is 15.7. The molecule has 1 aromatic carbocycles. The van der Waals surface area contributed by atoms with Gasteiger partial charge in [-0.15, -0.1) is 0 Å². The van der Waals surface area contributed by atoms with Crippen LogP contribution in [0.2, 0.25) is 0 Å². The average Bonchev–Trinajstić information content (AvgIpc) is 2.77. The number of methoxy groups -OCH3 is 1. The van der Waals surface area contributed by atoms with Gasteiger partial charge in [0, 0.05) is 12.7 Å². The Morgan fingerprint density at radius 1 is 0.882 bits per heavy atom. The summed E-state index contributed by atoms with van der Waals surface area (Å²) < 4.78 is 51.9. The maximum atomic E-state index is 14.0. The van der Waals surface area contributed by atoms with Crippen LogP contribution in [0, 0.1) is 0 Å². The number of carbonyl (C=O) groups excluding carboxylic acids is 1. The quantitative estimate of drug-likeness (QED) is 0.175. The first-order valence-electron chi connectivity index (χ1n) is 12.3. The molecule has 8 heteroatoms. The monoisotopic (exact) mass is 488 g/mol. The van der Waals surface area contributed by atoms with Gasteiger partial charge >= 0.3 is 18.1 Å². The molecular weight excluding hydrogens is 449 g/mol. The van der Waals surface area contributed by atoms with Gasteiger partial charge in [0.15, 0.2) is 0 Å². The van der Waals surface area contributed by atoms with Gasteiger partial charge in [-0.1, -0.05) is 101 Å². The third-order valence-corrected chi connectivity index (χ3v) is 5.98. The lowest BCUT2D eigenvalue weighted by molar-refractivity contribution is -0.278. The number of carboxylic acids is 1. The minimum absolute atomic E-state index is 0.182. The molecule has 5 nitrogen and oxygen atoms in total. The van der Waals surface area contributed by atoms with Crippen molar-refractivity contribution in [1.82, 2.24) is 0 Å². The lowest BCUT2D eigenvalue weighted by Crippen LogP contribution is -2.52. The van der Waals surface area contributed by atoms with E-state index in [2.05, 4.69) is 6.92 Å². The average molecular weight is 489 g/mol. The van der Waals surface area contributed by atoms with Crippen molar-refractivity contribution < 1.29 is 37.3 Å². The van der Waals surface area contributed by atoms with E-state index in [0.29, 0.717) is 6.42 Å². The Balaban J connectivity index is 2.63. The van der Waals surface area contributed by atoms with Gasteiger partial charge in [0.05, 0.1) is 6.42 Å². The van der Waals surface area contributed by atoms with E-state index < -0.39 is 41.8 Å². The summed E-state index contributed by atoms with van der Waals surface area (Å²) in [6.07, 6.45) is 5.37. The summed E-state index contributed by atoms with van der Waals surface area (Å²) in [7, 11) is 0.789. The van der Waals surface area contributed by atoms with Crippen molar-refractivity contribution in [2.24, 2.45) is 0 Å². The summed E-state index contributed by atoms with van der Waals surface area (Å²) in [4.78, 5) is 24.0. The summed E-state index contributed by atoms with van der Waals surface area (Å²) >= 11 is 0. The fraction of sp³-hybridized carbons (Fsp3) is 0.692.